The van der Waals surface area contributed by atoms with Gasteiger partial charge >= 0.3 is 0 Å². The molecule has 5 nitrogen and oxygen atoms in total. The predicted octanol–water partition coefficient (Wildman–Crippen LogP) is 2.02. The van der Waals surface area contributed by atoms with Crippen molar-refractivity contribution in [1.29, 1.82) is 5.26 Å². The van der Waals surface area contributed by atoms with Gasteiger partial charge in [-0.05, 0) is 49.5 Å². The lowest BCUT2D eigenvalue weighted by atomic mass is 9.93. The molecule has 0 unspecified atom stereocenters. The fourth-order valence-corrected chi connectivity index (χ4v) is 2.43. The average molecular weight is 300 g/mol. The van der Waals surface area contributed by atoms with Crippen molar-refractivity contribution >= 4 is 12.0 Å². The molecule has 2 rings (SSSR count). The Hall–Kier alpha value is -2.32. The van der Waals surface area contributed by atoms with E-state index in [4.69, 9.17) is 10.00 Å². The third-order valence-corrected chi connectivity index (χ3v) is 3.65. The topological polar surface area (TPSA) is 82.3 Å². The molecular formula is C17H20N2O3. The summed E-state index contributed by atoms with van der Waals surface area (Å²) in [4.78, 5) is 11.9. The largest absolute Gasteiger partial charge is 0.479 e. The summed E-state index contributed by atoms with van der Waals surface area (Å²) in [6.07, 6.45) is 6.18. The Bertz CT molecular complexity index is 552. The van der Waals surface area contributed by atoms with E-state index < -0.39 is 0 Å². The molecule has 1 amide bonds. The van der Waals surface area contributed by atoms with Crippen LogP contribution < -0.4 is 10.1 Å². The first kappa shape index (κ1) is 16.1. The van der Waals surface area contributed by atoms with Crippen molar-refractivity contribution in [2.75, 3.05) is 6.61 Å². The minimum absolute atomic E-state index is 0.0215. The van der Waals surface area contributed by atoms with Crippen LogP contribution in [0.15, 0.2) is 30.3 Å². The van der Waals surface area contributed by atoms with Crippen LogP contribution in [0.5, 0.6) is 5.75 Å². The zero-order chi connectivity index (χ0) is 15.8. The highest BCUT2D eigenvalue weighted by Gasteiger charge is 2.19. The van der Waals surface area contributed by atoms with Crippen molar-refractivity contribution in [2.45, 2.75) is 37.8 Å². The van der Waals surface area contributed by atoms with Gasteiger partial charge in [-0.3, -0.25) is 4.79 Å². The zero-order valence-corrected chi connectivity index (χ0v) is 12.4. The molecule has 0 spiro atoms. The van der Waals surface area contributed by atoms with Gasteiger partial charge in [0.1, 0.15) is 11.8 Å². The minimum Gasteiger partial charge on any atom is -0.479 e. The molecule has 0 saturated heterocycles. The predicted molar refractivity (Wildman–Crippen MR) is 83.0 cm³/mol. The minimum atomic E-state index is -0.217. The van der Waals surface area contributed by atoms with E-state index in [1.54, 1.807) is 18.2 Å². The number of hydrogen-bond donors (Lipinski definition) is 2. The van der Waals surface area contributed by atoms with E-state index in [2.05, 4.69) is 5.32 Å². The van der Waals surface area contributed by atoms with Gasteiger partial charge in [-0.25, -0.2) is 0 Å². The maximum Gasteiger partial charge on any atom is 0.244 e. The molecule has 1 aromatic rings. The molecule has 1 aliphatic rings. The molecule has 1 aromatic carbocycles. The smallest absolute Gasteiger partial charge is 0.244 e. The second-order valence-electron chi connectivity index (χ2n) is 5.36. The summed E-state index contributed by atoms with van der Waals surface area (Å²) in [7, 11) is 0. The van der Waals surface area contributed by atoms with Crippen molar-refractivity contribution in [2.24, 2.45) is 0 Å². The van der Waals surface area contributed by atoms with Gasteiger partial charge in [0.05, 0.1) is 6.10 Å². The first-order chi connectivity index (χ1) is 10.7. The van der Waals surface area contributed by atoms with Crippen LogP contribution in [0.2, 0.25) is 0 Å². The monoisotopic (exact) mass is 300 g/mol. The number of hydrogen-bond acceptors (Lipinski definition) is 4. The first-order valence-corrected chi connectivity index (χ1v) is 7.44. The molecule has 1 fully saturated rings. The van der Waals surface area contributed by atoms with Crippen molar-refractivity contribution in [1.82, 2.24) is 5.32 Å². The molecular weight excluding hydrogens is 280 g/mol. The quantitative estimate of drug-likeness (QED) is 0.815. The average Bonchev–Trinajstić information content (AvgIpc) is 2.54. The number of nitrogens with one attached hydrogen (secondary N) is 1. The van der Waals surface area contributed by atoms with E-state index in [-0.39, 0.29) is 24.7 Å². The normalized spacial score (nSPS) is 21.3. The van der Waals surface area contributed by atoms with Gasteiger partial charge in [-0.2, -0.15) is 5.26 Å². The Morgan fingerprint density at radius 3 is 2.64 bits per heavy atom. The summed E-state index contributed by atoms with van der Waals surface area (Å²) in [6.45, 7) is 0.0215. The number of aliphatic hydroxyl groups excluding tert-OH is 1. The number of benzene rings is 1. The lowest BCUT2D eigenvalue weighted by Gasteiger charge is -2.25. The Labute approximate surface area is 130 Å². The van der Waals surface area contributed by atoms with Crippen LogP contribution in [0.3, 0.4) is 0 Å². The highest BCUT2D eigenvalue weighted by atomic mass is 16.5. The fourth-order valence-electron chi connectivity index (χ4n) is 2.43. The van der Waals surface area contributed by atoms with E-state index >= 15 is 0 Å². The summed E-state index contributed by atoms with van der Waals surface area (Å²) < 4.78 is 5.16. The Kier molecular flexibility index (Phi) is 5.99. The summed E-state index contributed by atoms with van der Waals surface area (Å²) in [5, 5.41) is 20.8. The summed E-state index contributed by atoms with van der Waals surface area (Å²) in [5.74, 6) is 0.509. The van der Waals surface area contributed by atoms with E-state index in [0.29, 0.717) is 5.75 Å². The van der Waals surface area contributed by atoms with Crippen LogP contribution in [0.4, 0.5) is 0 Å². The van der Waals surface area contributed by atoms with Crippen LogP contribution in [0.25, 0.3) is 6.08 Å². The summed E-state index contributed by atoms with van der Waals surface area (Å²) >= 11 is 0. The van der Waals surface area contributed by atoms with Crippen molar-refractivity contribution in [3.8, 4) is 11.8 Å². The molecule has 2 N–H and O–H groups in total. The van der Waals surface area contributed by atoms with E-state index in [1.807, 2.05) is 18.2 Å². The molecule has 0 atom stereocenters. The van der Waals surface area contributed by atoms with Crippen molar-refractivity contribution in [3.63, 3.8) is 0 Å². The molecule has 1 aliphatic carbocycles. The standard InChI is InChI=1S/C17H20N2O3/c18-11-12-22-16-8-1-13(2-9-16)3-10-17(21)19-14-4-6-15(20)7-5-14/h1-3,8-10,14-15,20H,4-7,12H2,(H,19,21). The van der Waals surface area contributed by atoms with Crippen LogP contribution in [-0.4, -0.2) is 29.8 Å². The van der Waals surface area contributed by atoms with Gasteiger partial charge in [0.25, 0.3) is 0 Å². The second-order valence-corrected chi connectivity index (χ2v) is 5.36. The number of aliphatic hydroxyl groups is 1. The number of ether oxygens (including phenoxy) is 1. The molecule has 1 saturated carbocycles. The van der Waals surface area contributed by atoms with Crippen LogP contribution in [0.1, 0.15) is 31.2 Å². The van der Waals surface area contributed by atoms with Gasteiger partial charge in [0.15, 0.2) is 6.61 Å². The van der Waals surface area contributed by atoms with E-state index in [0.717, 1.165) is 31.2 Å². The zero-order valence-electron chi connectivity index (χ0n) is 12.4. The first-order valence-electron chi connectivity index (χ1n) is 7.44. The number of nitrogens with zero attached hydrogens (tertiary/aromatic N) is 1. The molecule has 116 valence electrons. The van der Waals surface area contributed by atoms with Gasteiger partial charge in [-0.15, -0.1) is 0 Å². The van der Waals surface area contributed by atoms with Crippen molar-refractivity contribution in [3.05, 3.63) is 35.9 Å². The molecule has 5 heteroatoms. The van der Waals surface area contributed by atoms with Gasteiger partial charge in [0.2, 0.25) is 5.91 Å². The SMILES string of the molecule is N#CCOc1ccc(C=CC(=O)NC2CCC(O)CC2)cc1. The van der Waals surface area contributed by atoms with Crippen LogP contribution in [-0.2, 0) is 4.79 Å². The molecule has 22 heavy (non-hydrogen) atoms. The van der Waals surface area contributed by atoms with Gasteiger partial charge in [0, 0.05) is 12.1 Å². The van der Waals surface area contributed by atoms with Gasteiger partial charge < -0.3 is 15.2 Å². The summed E-state index contributed by atoms with van der Waals surface area (Å²) in [6, 6.07) is 9.24. The maximum absolute atomic E-state index is 11.9. The molecule has 0 heterocycles. The van der Waals surface area contributed by atoms with Crippen LogP contribution in [0, 0.1) is 11.3 Å². The number of carbonyl (C=O) groups excluding carboxylic acids is 1. The lowest BCUT2D eigenvalue weighted by Crippen LogP contribution is -2.37. The Morgan fingerprint density at radius 2 is 2.00 bits per heavy atom. The van der Waals surface area contributed by atoms with Crippen molar-refractivity contribution < 1.29 is 14.6 Å². The number of nitriles is 1. The summed E-state index contributed by atoms with van der Waals surface area (Å²) in [5.41, 5.74) is 0.888. The number of carbonyl (C=O) groups is 1. The lowest BCUT2D eigenvalue weighted by molar-refractivity contribution is -0.117. The number of rotatable bonds is 5. The highest BCUT2D eigenvalue weighted by molar-refractivity contribution is 5.91. The van der Waals surface area contributed by atoms with Gasteiger partial charge in [-0.1, -0.05) is 12.1 Å². The van der Waals surface area contributed by atoms with Crippen LogP contribution >= 0.6 is 0 Å². The second kappa shape index (κ2) is 8.20. The highest BCUT2D eigenvalue weighted by Crippen LogP contribution is 2.18. The van der Waals surface area contributed by atoms with E-state index in [1.165, 1.54) is 6.08 Å². The third-order valence-electron chi connectivity index (χ3n) is 3.65. The Balaban J connectivity index is 1.80. The molecule has 0 aliphatic heterocycles. The Morgan fingerprint density at radius 1 is 1.32 bits per heavy atom. The maximum atomic E-state index is 11.9. The molecule has 0 bridgehead atoms. The molecule has 0 radical (unpaired) electrons. The third kappa shape index (κ3) is 5.23. The molecule has 0 aromatic heterocycles. The number of amides is 1. The fraction of sp³-hybridized carbons (Fsp3) is 0.412. The van der Waals surface area contributed by atoms with E-state index in [9.17, 15) is 9.90 Å².